The van der Waals surface area contributed by atoms with E-state index in [1.807, 2.05) is 37.3 Å². The van der Waals surface area contributed by atoms with Crippen LogP contribution in [0.3, 0.4) is 0 Å². The van der Waals surface area contributed by atoms with Crippen LogP contribution in [0.15, 0.2) is 48.5 Å². The lowest BCUT2D eigenvalue weighted by Gasteiger charge is -2.26. The van der Waals surface area contributed by atoms with Gasteiger partial charge in [-0.1, -0.05) is 24.3 Å². The molecular formula is C22H23N3O4. The molecular weight excluding hydrogens is 370 g/mol. The Morgan fingerprint density at radius 1 is 1.21 bits per heavy atom. The third-order valence-corrected chi connectivity index (χ3v) is 5.06. The molecule has 29 heavy (non-hydrogen) atoms. The highest BCUT2D eigenvalue weighted by Crippen LogP contribution is 2.44. The largest absolute Gasteiger partial charge is 0.507 e. The van der Waals surface area contributed by atoms with E-state index in [-0.39, 0.29) is 18.3 Å². The first kappa shape index (κ1) is 19.0. The van der Waals surface area contributed by atoms with E-state index in [1.165, 1.54) is 0 Å². The van der Waals surface area contributed by atoms with Crippen molar-refractivity contribution >= 4 is 5.91 Å². The average Bonchev–Trinajstić information content (AvgIpc) is 3.26. The van der Waals surface area contributed by atoms with E-state index < -0.39 is 6.04 Å². The number of aromatic nitrogens is 2. The van der Waals surface area contributed by atoms with Gasteiger partial charge in [-0.2, -0.15) is 5.10 Å². The normalized spacial score (nSPS) is 15.6. The summed E-state index contributed by atoms with van der Waals surface area (Å²) >= 11 is 0. The predicted octanol–water partition coefficient (Wildman–Crippen LogP) is 3.11. The van der Waals surface area contributed by atoms with Crippen LogP contribution in [-0.4, -0.2) is 51.0 Å². The summed E-state index contributed by atoms with van der Waals surface area (Å²) in [5, 5.41) is 26.9. The zero-order valence-corrected chi connectivity index (χ0v) is 16.1. The molecule has 0 aliphatic carbocycles. The Hall–Kier alpha value is -3.32. The van der Waals surface area contributed by atoms with Gasteiger partial charge in [0.2, 0.25) is 0 Å². The number of rotatable bonds is 7. The van der Waals surface area contributed by atoms with E-state index in [1.54, 1.807) is 23.1 Å². The number of phenols is 1. The summed E-state index contributed by atoms with van der Waals surface area (Å²) < 4.78 is 5.65. The van der Waals surface area contributed by atoms with Crippen molar-refractivity contribution in [3.8, 4) is 22.8 Å². The maximum absolute atomic E-state index is 13.1. The van der Waals surface area contributed by atoms with Crippen LogP contribution >= 0.6 is 0 Å². The molecule has 2 aromatic carbocycles. The Labute approximate surface area is 168 Å². The second-order valence-electron chi connectivity index (χ2n) is 6.86. The molecule has 1 aliphatic heterocycles. The van der Waals surface area contributed by atoms with E-state index in [4.69, 9.17) is 4.74 Å². The van der Waals surface area contributed by atoms with Gasteiger partial charge in [-0.25, -0.2) is 0 Å². The molecule has 3 aromatic rings. The summed E-state index contributed by atoms with van der Waals surface area (Å²) in [6, 6.07) is 14.2. The van der Waals surface area contributed by atoms with Gasteiger partial charge >= 0.3 is 0 Å². The number of H-pyrrole nitrogens is 1. The number of ether oxygens (including phenoxy) is 1. The van der Waals surface area contributed by atoms with Crippen molar-refractivity contribution in [2.24, 2.45) is 0 Å². The number of aliphatic hydroxyl groups excluding tert-OH is 1. The number of aliphatic hydroxyl groups is 1. The number of amides is 1. The molecule has 1 amide bonds. The highest BCUT2D eigenvalue weighted by atomic mass is 16.5. The average molecular weight is 393 g/mol. The molecule has 1 atom stereocenters. The van der Waals surface area contributed by atoms with E-state index in [2.05, 4.69) is 10.2 Å². The second-order valence-corrected chi connectivity index (χ2v) is 6.86. The number of hydrogen-bond donors (Lipinski definition) is 3. The zero-order valence-electron chi connectivity index (χ0n) is 16.1. The summed E-state index contributed by atoms with van der Waals surface area (Å²) in [5.41, 5.74) is 3.13. The molecule has 1 unspecified atom stereocenters. The van der Waals surface area contributed by atoms with E-state index in [0.29, 0.717) is 36.5 Å². The number of nitrogens with zero attached hydrogens (tertiary/aromatic N) is 2. The summed E-state index contributed by atoms with van der Waals surface area (Å²) in [4.78, 5) is 14.8. The number of nitrogens with one attached hydrogen (secondary N) is 1. The highest BCUT2D eigenvalue weighted by molar-refractivity contribution is 6.00. The van der Waals surface area contributed by atoms with Crippen molar-refractivity contribution in [1.29, 1.82) is 0 Å². The Kier molecular flexibility index (Phi) is 5.22. The Morgan fingerprint density at radius 3 is 2.79 bits per heavy atom. The molecule has 7 nitrogen and oxygen atoms in total. The molecule has 3 N–H and O–H groups in total. The molecule has 0 radical (unpaired) electrons. The predicted molar refractivity (Wildman–Crippen MR) is 108 cm³/mol. The number of benzene rings is 2. The van der Waals surface area contributed by atoms with Crippen LogP contribution in [-0.2, 0) is 0 Å². The smallest absolute Gasteiger partial charge is 0.273 e. The van der Waals surface area contributed by atoms with Crippen LogP contribution in [0, 0.1) is 0 Å². The molecule has 150 valence electrons. The molecule has 1 aromatic heterocycles. The topological polar surface area (TPSA) is 98.7 Å². The van der Waals surface area contributed by atoms with Gasteiger partial charge in [0.25, 0.3) is 5.91 Å². The standard InChI is InChI=1S/C22H23N3O4/c1-2-29-15-8-5-7-14(13-15)21-18-19(16-9-3-4-10-17(16)27)23-24-20(18)22(28)25(21)11-6-12-26/h3-5,7-10,13,21,26-27H,2,6,11-12H2,1H3,(H,23,24). The summed E-state index contributed by atoms with van der Waals surface area (Å²) in [6.07, 6.45) is 0.469. The summed E-state index contributed by atoms with van der Waals surface area (Å²) in [5.74, 6) is 0.653. The number of para-hydroxylation sites is 1. The first-order valence-electron chi connectivity index (χ1n) is 9.67. The molecule has 7 heteroatoms. The summed E-state index contributed by atoms with van der Waals surface area (Å²) in [7, 11) is 0. The van der Waals surface area contributed by atoms with Crippen molar-refractivity contribution in [3.63, 3.8) is 0 Å². The number of phenolic OH excluding ortho intramolecular Hbond substituents is 1. The first-order valence-corrected chi connectivity index (χ1v) is 9.67. The fourth-order valence-electron chi connectivity index (χ4n) is 3.84. The number of carbonyl (C=O) groups excluding carboxylic acids is 1. The molecule has 1 aliphatic rings. The maximum atomic E-state index is 13.1. The van der Waals surface area contributed by atoms with Gasteiger partial charge in [0, 0.05) is 24.3 Å². The summed E-state index contributed by atoms with van der Waals surface area (Å²) in [6.45, 7) is 2.86. The van der Waals surface area contributed by atoms with Gasteiger partial charge in [0.05, 0.1) is 12.6 Å². The number of aromatic amines is 1. The Morgan fingerprint density at radius 2 is 2.03 bits per heavy atom. The van der Waals surface area contributed by atoms with Crippen molar-refractivity contribution in [2.75, 3.05) is 19.8 Å². The monoisotopic (exact) mass is 393 g/mol. The molecule has 2 heterocycles. The Balaban J connectivity index is 1.86. The van der Waals surface area contributed by atoms with Gasteiger partial charge in [-0.3, -0.25) is 9.89 Å². The maximum Gasteiger partial charge on any atom is 0.273 e. The minimum Gasteiger partial charge on any atom is -0.507 e. The van der Waals surface area contributed by atoms with Crippen LogP contribution in [0.4, 0.5) is 0 Å². The number of aromatic hydroxyl groups is 1. The minimum atomic E-state index is -0.391. The van der Waals surface area contributed by atoms with Gasteiger partial charge in [-0.15, -0.1) is 0 Å². The van der Waals surface area contributed by atoms with Gasteiger partial charge in [-0.05, 0) is 43.2 Å². The first-order chi connectivity index (χ1) is 14.2. The van der Waals surface area contributed by atoms with Gasteiger partial charge in [0.15, 0.2) is 0 Å². The molecule has 4 rings (SSSR count). The molecule has 0 bridgehead atoms. The van der Waals surface area contributed by atoms with Crippen LogP contribution < -0.4 is 4.74 Å². The quantitative estimate of drug-likeness (QED) is 0.573. The van der Waals surface area contributed by atoms with Gasteiger partial charge < -0.3 is 19.8 Å². The number of hydrogen-bond acceptors (Lipinski definition) is 5. The van der Waals surface area contributed by atoms with E-state index >= 15 is 0 Å². The van der Waals surface area contributed by atoms with Crippen LogP contribution in [0.2, 0.25) is 0 Å². The zero-order chi connectivity index (χ0) is 20.4. The van der Waals surface area contributed by atoms with Crippen molar-refractivity contribution < 1.29 is 19.7 Å². The highest BCUT2D eigenvalue weighted by Gasteiger charge is 2.42. The van der Waals surface area contributed by atoms with Crippen molar-refractivity contribution in [1.82, 2.24) is 15.1 Å². The molecule has 0 saturated carbocycles. The van der Waals surface area contributed by atoms with Crippen molar-refractivity contribution in [3.05, 3.63) is 65.4 Å². The van der Waals surface area contributed by atoms with E-state index in [9.17, 15) is 15.0 Å². The molecule has 0 spiro atoms. The third-order valence-electron chi connectivity index (χ3n) is 5.06. The fourth-order valence-corrected chi connectivity index (χ4v) is 3.84. The molecule has 0 fully saturated rings. The minimum absolute atomic E-state index is 0.00595. The molecule has 0 saturated heterocycles. The third kappa shape index (κ3) is 3.34. The SMILES string of the molecule is CCOc1cccc(C2c3c(-c4ccccc4O)n[nH]c3C(=O)N2CCCO)c1. The Bertz CT molecular complexity index is 1030. The van der Waals surface area contributed by atoms with Crippen LogP contribution in [0.25, 0.3) is 11.3 Å². The van der Waals surface area contributed by atoms with Crippen molar-refractivity contribution in [2.45, 2.75) is 19.4 Å². The van der Waals surface area contributed by atoms with Crippen LogP contribution in [0.1, 0.15) is 41.0 Å². The number of carbonyl (C=O) groups is 1. The fraction of sp³-hybridized carbons (Fsp3) is 0.273. The lowest BCUT2D eigenvalue weighted by atomic mass is 9.95. The number of fused-ring (bicyclic) bond motifs is 1. The van der Waals surface area contributed by atoms with E-state index in [0.717, 1.165) is 16.9 Å². The van der Waals surface area contributed by atoms with Crippen LogP contribution in [0.5, 0.6) is 11.5 Å². The lowest BCUT2D eigenvalue weighted by Crippen LogP contribution is -2.31. The second kappa shape index (κ2) is 7.97. The lowest BCUT2D eigenvalue weighted by molar-refractivity contribution is 0.0732. The van der Waals surface area contributed by atoms with Gasteiger partial charge in [0.1, 0.15) is 22.9 Å².